The molecule has 0 saturated carbocycles. The maximum Gasteiger partial charge on any atom is 0.271 e. The number of aliphatic imine (C=N–C) groups is 1. The fourth-order valence-corrected chi connectivity index (χ4v) is 3.82. The smallest absolute Gasteiger partial charge is 0.271 e. The van der Waals surface area contributed by atoms with Gasteiger partial charge in [-0.25, -0.2) is 9.98 Å². The molecule has 0 spiro atoms. The van der Waals surface area contributed by atoms with Crippen LogP contribution in [0.15, 0.2) is 82.8 Å². The van der Waals surface area contributed by atoms with Crippen molar-refractivity contribution >= 4 is 40.4 Å². The molecule has 2 heterocycles. The first kappa shape index (κ1) is 19.0. The van der Waals surface area contributed by atoms with Crippen LogP contribution in [-0.2, 0) is 4.79 Å². The maximum absolute atomic E-state index is 13.2. The van der Waals surface area contributed by atoms with Gasteiger partial charge in [-0.1, -0.05) is 36.4 Å². The van der Waals surface area contributed by atoms with Crippen LogP contribution < -0.4 is 9.64 Å². The summed E-state index contributed by atoms with van der Waals surface area (Å²) in [6.07, 6.45) is 3.63. The number of nitrogens with zero attached hydrogens (tertiary/aromatic N) is 3. The number of aromatic nitrogens is 1. The molecule has 1 aliphatic heterocycles. The Balaban J connectivity index is 1.73. The highest BCUT2D eigenvalue weighted by Crippen LogP contribution is 2.37. The topological polar surface area (TPSA) is 54.8 Å². The maximum atomic E-state index is 13.2. The van der Waals surface area contributed by atoms with E-state index in [-0.39, 0.29) is 5.91 Å². The Morgan fingerprint density at radius 1 is 1.03 bits per heavy atom. The molecule has 0 unspecified atom stereocenters. The molecular formula is C23H19N3O2S. The minimum absolute atomic E-state index is 0.108. The van der Waals surface area contributed by atoms with Crippen molar-refractivity contribution in [2.75, 3.05) is 12.0 Å². The standard InChI is InChI=1S/C23H19N3O2S/c1-16-8-13-21(24-15-16)25-23-26(18-6-4-3-5-7-18)22(27)20(29-23)14-17-9-11-19(28-2)12-10-17/h3-15H,1-2H3. The molecule has 0 bridgehead atoms. The lowest BCUT2D eigenvalue weighted by molar-refractivity contribution is -0.113. The zero-order chi connectivity index (χ0) is 20.2. The molecule has 0 atom stereocenters. The summed E-state index contributed by atoms with van der Waals surface area (Å²) in [6.45, 7) is 1.98. The summed E-state index contributed by atoms with van der Waals surface area (Å²) in [5.41, 5.74) is 2.75. The van der Waals surface area contributed by atoms with Gasteiger partial charge in [-0.15, -0.1) is 0 Å². The average molecular weight is 401 g/mol. The van der Waals surface area contributed by atoms with E-state index < -0.39 is 0 Å². The van der Waals surface area contributed by atoms with Gasteiger partial charge in [0.05, 0.1) is 17.7 Å². The SMILES string of the molecule is COc1ccc(C=C2SC(=Nc3ccc(C)cn3)N(c3ccccc3)C2=O)cc1. The van der Waals surface area contributed by atoms with E-state index in [1.165, 1.54) is 11.8 Å². The minimum atomic E-state index is -0.108. The van der Waals surface area contributed by atoms with Gasteiger partial charge in [0.25, 0.3) is 5.91 Å². The number of aryl methyl sites for hydroxylation is 1. The summed E-state index contributed by atoms with van der Waals surface area (Å²) >= 11 is 1.34. The van der Waals surface area contributed by atoms with Crippen LogP contribution in [0, 0.1) is 6.92 Å². The second-order valence-electron chi connectivity index (χ2n) is 6.45. The van der Waals surface area contributed by atoms with Crippen molar-refractivity contribution in [1.82, 2.24) is 4.98 Å². The third kappa shape index (κ3) is 4.22. The lowest BCUT2D eigenvalue weighted by Gasteiger charge is -2.15. The van der Waals surface area contributed by atoms with Crippen molar-refractivity contribution in [3.63, 3.8) is 0 Å². The summed E-state index contributed by atoms with van der Waals surface area (Å²) in [5.74, 6) is 1.23. The Kier molecular flexibility index (Phi) is 5.44. The first-order valence-corrected chi connectivity index (χ1v) is 9.90. The van der Waals surface area contributed by atoms with Crippen molar-refractivity contribution in [3.05, 3.63) is 89.0 Å². The third-order valence-electron chi connectivity index (χ3n) is 4.34. The Labute approximate surface area is 173 Å². The average Bonchev–Trinajstić information content (AvgIpc) is 3.05. The van der Waals surface area contributed by atoms with Gasteiger partial charge in [0.15, 0.2) is 11.0 Å². The zero-order valence-corrected chi connectivity index (χ0v) is 16.9. The number of benzene rings is 2. The van der Waals surface area contributed by atoms with E-state index in [0.29, 0.717) is 15.9 Å². The molecule has 1 aromatic heterocycles. The molecule has 0 radical (unpaired) electrons. The van der Waals surface area contributed by atoms with Crippen molar-refractivity contribution in [2.45, 2.75) is 6.92 Å². The lowest BCUT2D eigenvalue weighted by atomic mass is 10.2. The number of anilines is 1. The van der Waals surface area contributed by atoms with Crippen molar-refractivity contribution in [1.29, 1.82) is 0 Å². The van der Waals surface area contributed by atoms with Gasteiger partial charge in [-0.3, -0.25) is 9.69 Å². The number of thioether (sulfide) groups is 1. The molecule has 0 N–H and O–H groups in total. The molecule has 4 rings (SSSR count). The summed E-state index contributed by atoms with van der Waals surface area (Å²) in [4.78, 5) is 24.4. The number of rotatable bonds is 4. The van der Waals surface area contributed by atoms with Gasteiger partial charge in [-0.05, 0) is 66.2 Å². The molecule has 29 heavy (non-hydrogen) atoms. The number of pyridine rings is 1. The van der Waals surface area contributed by atoms with E-state index >= 15 is 0 Å². The van der Waals surface area contributed by atoms with Gasteiger partial charge in [0.1, 0.15) is 5.75 Å². The Morgan fingerprint density at radius 3 is 2.45 bits per heavy atom. The number of amidine groups is 1. The predicted octanol–water partition coefficient (Wildman–Crippen LogP) is 5.21. The van der Waals surface area contributed by atoms with E-state index in [1.54, 1.807) is 18.2 Å². The lowest BCUT2D eigenvalue weighted by Crippen LogP contribution is -2.28. The monoisotopic (exact) mass is 401 g/mol. The molecule has 5 nitrogen and oxygen atoms in total. The normalized spacial score (nSPS) is 16.6. The Bertz CT molecular complexity index is 1080. The quantitative estimate of drug-likeness (QED) is 0.563. The third-order valence-corrected chi connectivity index (χ3v) is 5.31. The first-order chi connectivity index (χ1) is 14.1. The summed E-state index contributed by atoms with van der Waals surface area (Å²) in [5, 5.41) is 0.581. The van der Waals surface area contributed by atoms with Crippen LogP contribution in [0.25, 0.3) is 6.08 Å². The van der Waals surface area contributed by atoms with Gasteiger partial charge < -0.3 is 4.74 Å². The number of para-hydroxylation sites is 1. The van der Waals surface area contributed by atoms with E-state index in [0.717, 1.165) is 22.6 Å². The molecule has 1 amide bonds. The van der Waals surface area contributed by atoms with Crippen LogP contribution in [-0.4, -0.2) is 23.2 Å². The second-order valence-corrected chi connectivity index (χ2v) is 7.46. The number of ether oxygens (including phenoxy) is 1. The Hall–Kier alpha value is -3.38. The van der Waals surface area contributed by atoms with Crippen LogP contribution in [0.2, 0.25) is 0 Å². The highest BCUT2D eigenvalue weighted by atomic mass is 32.2. The van der Waals surface area contributed by atoms with Crippen LogP contribution in [0.3, 0.4) is 0 Å². The van der Waals surface area contributed by atoms with Gasteiger partial charge in [0, 0.05) is 6.20 Å². The van der Waals surface area contributed by atoms with E-state index in [2.05, 4.69) is 9.98 Å². The highest BCUT2D eigenvalue weighted by Gasteiger charge is 2.34. The highest BCUT2D eigenvalue weighted by molar-refractivity contribution is 8.19. The second kappa shape index (κ2) is 8.32. The van der Waals surface area contributed by atoms with E-state index in [1.807, 2.05) is 79.7 Å². The number of hydrogen-bond acceptors (Lipinski definition) is 5. The Morgan fingerprint density at radius 2 is 1.79 bits per heavy atom. The summed E-state index contributed by atoms with van der Waals surface area (Å²) in [6, 6.07) is 20.9. The number of hydrogen-bond donors (Lipinski definition) is 0. The number of carbonyl (C=O) groups is 1. The molecule has 144 valence electrons. The fourth-order valence-electron chi connectivity index (χ4n) is 2.83. The van der Waals surface area contributed by atoms with Crippen molar-refractivity contribution in [3.8, 4) is 5.75 Å². The molecular weight excluding hydrogens is 382 g/mol. The van der Waals surface area contributed by atoms with Crippen LogP contribution >= 0.6 is 11.8 Å². The zero-order valence-electron chi connectivity index (χ0n) is 16.1. The van der Waals surface area contributed by atoms with Gasteiger partial charge >= 0.3 is 0 Å². The van der Waals surface area contributed by atoms with Crippen LogP contribution in [0.4, 0.5) is 11.5 Å². The predicted molar refractivity (Wildman–Crippen MR) is 119 cm³/mol. The van der Waals surface area contributed by atoms with Crippen molar-refractivity contribution in [2.24, 2.45) is 4.99 Å². The summed E-state index contributed by atoms with van der Waals surface area (Å²) in [7, 11) is 1.63. The molecule has 1 saturated heterocycles. The minimum Gasteiger partial charge on any atom is -0.497 e. The van der Waals surface area contributed by atoms with Gasteiger partial charge in [-0.2, -0.15) is 0 Å². The first-order valence-electron chi connectivity index (χ1n) is 9.08. The van der Waals surface area contributed by atoms with Gasteiger partial charge in [0.2, 0.25) is 0 Å². The molecule has 3 aromatic rings. The molecule has 0 aliphatic carbocycles. The number of amides is 1. The number of carbonyl (C=O) groups excluding carboxylic acids is 1. The fraction of sp³-hybridized carbons (Fsp3) is 0.0870. The van der Waals surface area contributed by atoms with Crippen molar-refractivity contribution < 1.29 is 9.53 Å². The molecule has 2 aromatic carbocycles. The molecule has 1 aliphatic rings. The van der Waals surface area contributed by atoms with E-state index in [4.69, 9.17) is 4.74 Å². The molecule has 6 heteroatoms. The number of methoxy groups -OCH3 is 1. The largest absolute Gasteiger partial charge is 0.497 e. The molecule has 1 fully saturated rings. The van der Waals surface area contributed by atoms with Crippen LogP contribution in [0.1, 0.15) is 11.1 Å². The van der Waals surface area contributed by atoms with E-state index in [9.17, 15) is 4.79 Å². The van der Waals surface area contributed by atoms with Crippen LogP contribution in [0.5, 0.6) is 5.75 Å². The summed E-state index contributed by atoms with van der Waals surface area (Å²) < 4.78 is 5.20.